The van der Waals surface area contributed by atoms with Crippen LogP contribution in [-0.4, -0.2) is 24.8 Å². The lowest BCUT2D eigenvalue weighted by Crippen LogP contribution is -2.13. The first kappa shape index (κ1) is 12.6. The van der Waals surface area contributed by atoms with Crippen LogP contribution in [-0.2, 0) is 20.1 Å². The fourth-order valence-corrected chi connectivity index (χ4v) is 1.96. The molecule has 0 radical (unpaired) electrons. The molecule has 0 amide bonds. The Balaban J connectivity index is 1.58. The number of hydrogen-bond acceptors (Lipinski definition) is 4. The van der Waals surface area contributed by atoms with Gasteiger partial charge in [-0.05, 0) is 12.1 Å². The van der Waals surface area contributed by atoms with Crippen LogP contribution in [0.2, 0.25) is 0 Å². The van der Waals surface area contributed by atoms with E-state index in [1.807, 2.05) is 49.8 Å². The number of para-hydroxylation sites is 1. The average molecular weight is 268 g/mol. The maximum absolute atomic E-state index is 4.44. The van der Waals surface area contributed by atoms with Gasteiger partial charge >= 0.3 is 0 Å². The Bertz CT molecular complexity index is 670. The molecule has 2 aromatic heterocycles. The molecule has 3 rings (SSSR count). The topological polar surface area (TPSA) is 60.6 Å². The van der Waals surface area contributed by atoms with Crippen molar-refractivity contribution in [3.63, 3.8) is 0 Å². The minimum Gasteiger partial charge on any atom is -0.307 e. The number of aryl methyl sites for hydroxylation is 1. The van der Waals surface area contributed by atoms with Crippen LogP contribution in [0.5, 0.6) is 0 Å². The third-order valence-corrected chi connectivity index (χ3v) is 2.92. The summed E-state index contributed by atoms with van der Waals surface area (Å²) in [4.78, 5) is 1.64. The third-order valence-electron chi connectivity index (χ3n) is 2.92. The summed E-state index contributed by atoms with van der Waals surface area (Å²) in [7, 11) is 1.91. The van der Waals surface area contributed by atoms with Crippen LogP contribution in [0.1, 0.15) is 11.3 Å². The molecule has 0 spiro atoms. The van der Waals surface area contributed by atoms with Crippen molar-refractivity contribution >= 4 is 0 Å². The summed E-state index contributed by atoms with van der Waals surface area (Å²) >= 11 is 0. The predicted octanol–water partition coefficient (Wildman–Crippen LogP) is 1.29. The van der Waals surface area contributed by atoms with Crippen molar-refractivity contribution in [2.45, 2.75) is 13.1 Å². The van der Waals surface area contributed by atoms with Crippen LogP contribution in [0.4, 0.5) is 0 Å². The van der Waals surface area contributed by atoms with Gasteiger partial charge in [-0.1, -0.05) is 18.2 Å². The van der Waals surface area contributed by atoms with E-state index in [9.17, 15) is 0 Å². The lowest BCUT2D eigenvalue weighted by atomic mass is 10.3. The van der Waals surface area contributed by atoms with Crippen molar-refractivity contribution in [2.24, 2.45) is 7.05 Å². The maximum atomic E-state index is 4.44. The Labute approximate surface area is 117 Å². The Morgan fingerprint density at radius 2 is 1.90 bits per heavy atom. The molecular weight excluding hydrogens is 252 g/mol. The van der Waals surface area contributed by atoms with Crippen molar-refractivity contribution < 1.29 is 0 Å². The van der Waals surface area contributed by atoms with Gasteiger partial charge in [0.2, 0.25) is 0 Å². The van der Waals surface area contributed by atoms with Crippen LogP contribution in [0.3, 0.4) is 0 Å². The van der Waals surface area contributed by atoms with E-state index in [0.717, 1.165) is 23.5 Å². The summed E-state index contributed by atoms with van der Waals surface area (Å²) in [6.45, 7) is 1.45. The molecule has 3 aromatic rings. The average Bonchev–Trinajstić information content (AvgIpc) is 3.09. The summed E-state index contributed by atoms with van der Waals surface area (Å²) in [5, 5.41) is 16.2. The molecule has 0 saturated carbocycles. The monoisotopic (exact) mass is 268 g/mol. The highest BCUT2D eigenvalue weighted by molar-refractivity contribution is 5.28. The Morgan fingerprint density at radius 3 is 2.65 bits per heavy atom. The van der Waals surface area contributed by atoms with Crippen LogP contribution in [0, 0.1) is 0 Å². The highest BCUT2D eigenvalue weighted by Crippen LogP contribution is 2.04. The SMILES string of the molecule is Cn1cc(CNCc2cnn(-c3ccccc3)n2)cn1. The zero-order valence-corrected chi connectivity index (χ0v) is 11.3. The summed E-state index contributed by atoms with van der Waals surface area (Å²) < 4.78 is 1.79. The molecule has 0 saturated heterocycles. The van der Waals surface area contributed by atoms with Crippen molar-refractivity contribution in [1.29, 1.82) is 0 Å². The van der Waals surface area contributed by atoms with E-state index < -0.39 is 0 Å². The standard InChI is InChI=1S/C14H16N6/c1-19-11-12(8-16-19)7-15-9-13-10-17-20(18-13)14-5-3-2-4-6-14/h2-6,8,10-11,15H,7,9H2,1H3. The van der Waals surface area contributed by atoms with Gasteiger partial charge in [-0.25, -0.2) is 0 Å². The van der Waals surface area contributed by atoms with Gasteiger partial charge in [0, 0.05) is 31.9 Å². The zero-order chi connectivity index (χ0) is 13.8. The van der Waals surface area contributed by atoms with E-state index >= 15 is 0 Å². The predicted molar refractivity (Wildman–Crippen MR) is 75.1 cm³/mol. The zero-order valence-electron chi connectivity index (χ0n) is 11.3. The van der Waals surface area contributed by atoms with Gasteiger partial charge in [0.1, 0.15) is 0 Å². The van der Waals surface area contributed by atoms with Crippen molar-refractivity contribution in [2.75, 3.05) is 0 Å². The molecule has 20 heavy (non-hydrogen) atoms. The van der Waals surface area contributed by atoms with E-state index in [1.54, 1.807) is 15.7 Å². The van der Waals surface area contributed by atoms with Gasteiger partial charge in [-0.15, -0.1) is 0 Å². The van der Waals surface area contributed by atoms with Gasteiger partial charge in [0.25, 0.3) is 0 Å². The second kappa shape index (κ2) is 5.66. The second-order valence-electron chi connectivity index (χ2n) is 4.59. The number of nitrogens with zero attached hydrogens (tertiary/aromatic N) is 5. The summed E-state index contributed by atoms with van der Waals surface area (Å²) in [6.07, 6.45) is 5.63. The van der Waals surface area contributed by atoms with E-state index in [-0.39, 0.29) is 0 Å². The first-order valence-electron chi connectivity index (χ1n) is 6.46. The van der Waals surface area contributed by atoms with Crippen LogP contribution < -0.4 is 5.32 Å². The molecule has 0 atom stereocenters. The lowest BCUT2D eigenvalue weighted by Gasteiger charge is -2.00. The molecule has 0 unspecified atom stereocenters. The van der Waals surface area contributed by atoms with Crippen LogP contribution >= 0.6 is 0 Å². The molecule has 0 fully saturated rings. The maximum Gasteiger partial charge on any atom is 0.0969 e. The molecule has 2 heterocycles. The van der Waals surface area contributed by atoms with Crippen molar-refractivity contribution in [1.82, 2.24) is 30.1 Å². The van der Waals surface area contributed by atoms with Crippen LogP contribution in [0.15, 0.2) is 48.9 Å². The summed E-state index contributed by atoms with van der Waals surface area (Å²) in [5.74, 6) is 0. The fourth-order valence-electron chi connectivity index (χ4n) is 1.96. The molecule has 1 aromatic carbocycles. The van der Waals surface area contributed by atoms with Gasteiger partial charge in [-0.3, -0.25) is 4.68 Å². The summed E-state index contributed by atoms with van der Waals surface area (Å²) in [6, 6.07) is 9.88. The quantitative estimate of drug-likeness (QED) is 0.757. The van der Waals surface area contributed by atoms with Gasteiger partial charge in [0.15, 0.2) is 0 Å². The van der Waals surface area contributed by atoms with Crippen LogP contribution in [0.25, 0.3) is 5.69 Å². The Hall–Kier alpha value is -2.47. The number of rotatable bonds is 5. The van der Waals surface area contributed by atoms with Gasteiger partial charge in [0.05, 0.1) is 23.8 Å². The van der Waals surface area contributed by atoms with E-state index in [4.69, 9.17) is 0 Å². The number of aromatic nitrogens is 5. The normalized spacial score (nSPS) is 10.8. The van der Waals surface area contributed by atoms with Gasteiger partial charge < -0.3 is 5.32 Å². The molecule has 1 N–H and O–H groups in total. The fraction of sp³-hybridized carbons (Fsp3) is 0.214. The van der Waals surface area contributed by atoms with E-state index in [0.29, 0.717) is 6.54 Å². The molecule has 6 heteroatoms. The number of hydrogen-bond donors (Lipinski definition) is 1. The van der Waals surface area contributed by atoms with Crippen molar-refractivity contribution in [3.8, 4) is 5.69 Å². The molecule has 0 aliphatic rings. The Morgan fingerprint density at radius 1 is 1.05 bits per heavy atom. The molecule has 102 valence electrons. The minimum absolute atomic E-state index is 0.682. The number of nitrogens with one attached hydrogen (secondary N) is 1. The molecule has 0 aliphatic carbocycles. The third kappa shape index (κ3) is 2.92. The highest BCUT2D eigenvalue weighted by Gasteiger charge is 2.02. The Kier molecular flexibility index (Phi) is 3.56. The van der Waals surface area contributed by atoms with Gasteiger partial charge in [-0.2, -0.15) is 20.1 Å². The number of benzene rings is 1. The molecule has 0 aliphatic heterocycles. The first-order chi connectivity index (χ1) is 9.81. The van der Waals surface area contributed by atoms with E-state index in [1.165, 1.54) is 0 Å². The lowest BCUT2D eigenvalue weighted by molar-refractivity contribution is 0.661. The smallest absolute Gasteiger partial charge is 0.0969 e. The first-order valence-corrected chi connectivity index (χ1v) is 6.46. The highest BCUT2D eigenvalue weighted by atomic mass is 15.5. The van der Waals surface area contributed by atoms with Crippen molar-refractivity contribution in [3.05, 3.63) is 60.2 Å². The summed E-state index contributed by atoms with van der Waals surface area (Å²) in [5.41, 5.74) is 3.03. The minimum atomic E-state index is 0.682. The van der Waals surface area contributed by atoms with E-state index in [2.05, 4.69) is 20.6 Å². The largest absolute Gasteiger partial charge is 0.307 e. The molecular formula is C14H16N6. The molecule has 0 bridgehead atoms. The molecule has 6 nitrogen and oxygen atoms in total. The second-order valence-corrected chi connectivity index (χ2v) is 4.59.